The van der Waals surface area contributed by atoms with E-state index in [1.165, 1.54) is 0 Å². The number of ether oxygens (including phenoxy) is 1. The highest BCUT2D eigenvalue weighted by atomic mass is 35.5. The number of methoxy groups -OCH3 is 1. The molecule has 0 aromatic heterocycles. The van der Waals surface area contributed by atoms with Gasteiger partial charge in [-0.1, -0.05) is 46.6 Å². The Morgan fingerprint density at radius 1 is 1.09 bits per heavy atom. The van der Waals surface area contributed by atoms with Crippen LogP contribution in [0.3, 0.4) is 0 Å². The van der Waals surface area contributed by atoms with Gasteiger partial charge in [0, 0.05) is 27.7 Å². The number of benzene rings is 3. The molecular formula is C18H16ClN2O2+. The molecule has 0 amide bonds. The van der Waals surface area contributed by atoms with Crippen LogP contribution in [-0.4, -0.2) is 24.0 Å². The van der Waals surface area contributed by atoms with E-state index in [2.05, 4.69) is 5.11 Å². The number of phenols is 1. The van der Waals surface area contributed by atoms with Gasteiger partial charge in [-0.05, 0) is 17.5 Å². The summed E-state index contributed by atoms with van der Waals surface area (Å²) in [6.45, 7) is 0. The second kappa shape index (κ2) is 6.26. The van der Waals surface area contributed by atoms with Gasteiger partial charge in [-0.2, -0.15) is 0 Å². The zero-order chi connectivity index (χ0) is 16.4. The molecular weight excluding hydrogens is 312 g/mol. The van der Waals surface area contributed by atoms with Crippen molar-refractivity contribution in [2.24, 2.45) is 5.11 Å². The van der Waals surface area contributed by atoms with E-state index in [1.54, 1.807) is 37.1 Å². The van der Waals surface area contributed by atoms with E-state index in [0.717, 1.165) is 16.5 Å². The molecule has 0 spiro atoms. The summed E-state index contributed by atoms with van der Waals surface area (Å²) in [5.41, 5.74) is 1.27. The summed E-state index contributed by atoms with van der Waals surface area (Å²) in [7, 11) is 3.38. The summed E-state index contributed by atoms with van der Waals surface area (Å²) in [6.07, 6.45) is 0. The molecule has 5 heteroatoms. The van der Waals surface area contributed by atoms with Crippen molar-refractivity contribution < 1.29 is 14.5 Å². The Kier molecular flexibility index (Phi) is 4.17. The zero-order valence-corrected chi connectivity index (χ0v) is 13.6. The highest BCUT2D eigenvalue weighted by Crippen LogP contribution is 2.37. The molecule has 1 N–H and O–H groups in total. The minimum atomic E-state index is 0.128. The van der Waals surface area contributed by atoms with Crippen LogP contribution in [0.25, 0.3) is 10.8 Å². The first-order valence-electron chi connectivity index (χ1n) is 7.10. The zero-order valence-electron chi connectivity index (χ0n) is 12.8. The Bertz CT molecular complexity index is 907. The lowest BCUT2D eigenvalue weighted by Crippen LogP contribution is -1.97. The molecule has 0 fully saturated rings. The Morgan fingerprint density at radius 3 is 2.65 bits per heavy atom. The second-order valence-corrected chi connectivity index (χ2v) is 5.53. The van der Waals surface area contributed by atoms with Gasteiger partial charge in [-0.15, -0.1) is 0 Å². The van der Waals surface area contributed by atoms with E-state index >= 15 is 0 Å². The van der Waals surface area contributed by atoms with Crippen molar-refractivity contribution in [1.29, 1.82) is 0 Å². The number of aromatic hydroxyl groups is 1. The lowest BCUT2D eigenvalue weighted by atomic mass is 10.1. The average Bonchev–Trinajstić information content (AvgIpc) is 2.57. The van der Waals surface area contributed by atoms with Gasteiger partial charge in [-0.3, -0.25) is 0 Å². The third-order valence-electron chi connectivity index (χ3n) is 3.62. The molecule has 0 atom stereocenters. The smallest absolute Gasteiger partial charge is 0.273 e. The van der Waals surface area contributed by atoms with Gasteiger partial charge in [0.05, 0.1) is 7.11 Å². The van der Waals surface area contributed by atoms with Gasteiger partial charge in [-0.25, -0.2) is 0 Å². The van der Waals surface area contributed by atoms with E-state index < -0.39 is 0 Å². The van der Waals surface area contributed by atoms with Crippen LogP contribution in [0.1, 0.15) is 0 Å². The summed E-state index contributed by atoms with van der Waals surface area (Å²) >= 11 is 5.99. The van der Waals surface area contributed by atoms with E-state index in [0.29, 0.717) is 16.5 Å². The highest BCUT2D eigenvalue weighted by molar-refractivity contribution is 6.30. The maximum atomic E-state index is 10.2. The molecule has 23 heavy (non-hydrogen) atoms. The van der Waals surface area contributed by atoms with Gasteiger partial charge in [0.1, 0.15) is 5.75 Å². The van der Waals surface area contributed by atoms with Crippen LogP contribution in [0, 0.1) is 0 Å². The second-order valence-electron chi connectivity index (χ2n) is 5.09. The van der Waals surface area contributed by atoms with Crippen molar-refractivity contribution in [3.63, 3.8) is 0 Å². The Morgan fingerprint density at radius 2 is 1.87 bits per heavy atom. The molecule has 0 bridgehead atoms. The summed E-state index contributed by atoms with van der Waals surface area (Å²) in [5.74, 6) is 0.743. The van der Waals surface area contributed by atoms with Gasteiger partial charge in [0.15, 0.2) is 18.5 Å². The maximum Gasteiger partial charge on any atom is 0.273 e. The number of hydrogen-bond donors (Lipinski definition) is 1. The van der Waals surface area contributed by atoms with Crippen molar-refractivity contribution in [2.75, 3.05) is 14.2 Å². The standard InChI is InChI=1S/C18H15ClN2O2/c1-21(15-9-8-13(19)11-17(15)23-2)20-18-14-6-4-3-5-12(14)7-10-16(18)22/h3-11H,1-2H3/p+1. The number of nitrogens with zero attached hydrogens (tertiary/aromatic N) is 2. The van der Waals surface area contributed by atoms with Crippen molar-refractivity contribution in [3.05, 3.63) is 59.6 Å². The van der Waals surface area contributed by atoms with Crippen LogP contribution >= 0.6 is 11.6 Å². The third-order valence-corrected chi connectivity index (χ3v) is 3.85. The number of phenolic OH excluding ortho intramolecular Hbond substituents is 1. The quantitative estimate of drug-likeness (QED) is 0.526. The van der Waals surface area contributed by atoms with Crippen molar-refractivity contribution >= 4 is 33.7 Å². The molecule has 3 aromatic carbocycles. The number of rotatable bonds is 3. The minimum Gasteiger partial charge on any atom is -0.505 e. The van der Waals surface area contributed by atoms with Crippen LogP contribution < -0.4 is 4.74 Å². The van der Waals surface area contributed by atoms with E-state index in [4.69, 9.17) is 16.3 Å². The van der Waals surface area contributed by atoms with Gasteiger partial charge in [0.25, 0.3) is 5.69 Å². The topological polar surface area (TPSA) is 44.8 Å². The van der Waals surface area contributed by atoms with Crippen LogP contribution in [0.2, 0.25) is 5.02 Å². The summed E-state index contributed by atoms with van der Waals surface area (Å²) < 4.78 is 7.02. The lowest BCUT2D eigenvalue weighted by Gasteiger charge is -2.05. The normalized spacial score (nSPS) is 11.7. The number of halogens is 1. The summed E-state index contributed by atoms with van der Waals surface area (Å²) in [6, 6.07) is 16.6. The average molecular weight is 328 g/mol. The van der Waals surface area contributed by atoms with Gasteiger partial charge in [0.2, 0.25) is 0 Å². The Hall–Kier alpha value is -2.59. The number of hydrogen-bond acceptors (Lipinski definition) is 3. The Labute approximate surface area is 139 Å². The molecule has 3 aromatic rings. The largest absolute Gasteiger partial charge is 0.505 e. The minimum absolute atomic E-state index is 0.128. The first kappa shape index (κ1) is 15.3. The van der Waals surface area contributed by atoms with E-state index in [-0.39, 0.29) is 5.75 Å². The first-order chi connectivity index (χ1) is 11.1. The fraction of sp³-hybridized carbons (Fsp3) is 0.111. The highest BCUT2D eigenvalue weighted by Gasteiger charge is 2.17. The number of azo groups is 2. The fourth-order valence-corrected chi connectivity index (χ4v) is 2.63. The van der Waals surface area contributed by atoms with Crippen LogP contribution in [-0.2, 0) is 0 Å². The predicted molar refractivity (Wildman–Crippen MR) is 91.5 cm³/mol. The monoisotopic (exact) mass is 327 g/mol. The third kappa shape index (κ3) is 2.98. The van der Waals surface area contributed by atoms with Crippen LogP contribution in [0.5, 0.6) is 11.5 Å². The predicted octanol–water partition coefficient (Wildman–Crippen LogP) is 5.27. The molecule has 0 radical (unpaired) electrons. The SMILES string of the molecule is COc1cc(Cl)ccc1[N+](C)=Nc1c(O)ccc2ccccc12. The van der Waals surface area contributed by atoms with Gasteiger partial charge >= 0.3 is 0 Å². The molecule has 0 saturated heterocycles. The molecule has 0 unspecified atom stereocenters. The van der Waals surface area contributed by atoms with Crippen molar-refractivity contribution in [1.82, 2.24) is 0 Å². The molecule has 116 valence electrons. The molecule has 0 aliphatic carbocycles. The van der Waals surface area contributed by atoms with Crippen LogP contribution in [0.15, 0.2) is 59.7 Å². The summed E-state index contributed by atoms with van der Waals surface area (Å²) in [5, 5.41) is 17.2. The van der Waals surface area contributed by atoms with E-state index in [9.17, 15) is 5.11 Å². The van der Waals surface area contributed by atoms with Gasteiger partial charge < -0.3 is 9.84 Å². The Balaban J connectivity index is 2.17. The molecule has 0 aliphatic rings. The summed E-state index contributed by atoms with van der Waals surface area (Å²) in [4.78, 5) is 0. The lowest BCUT2D eigenvalue weighted by molar-refractivity contribution is -0.476. The first-order valence-corrected chi connectivity index (χ1v) is 7.47. The fourth-order valence-electron chi connectivity index (χ4n) is 2.47. The molecule has 0 saturated carbocycles. The maximum absolute atomic E-state index is 10.2. The number of fused-ring (bicyclic) bond motifs is 1. The van der Waals surface area contributed by atoms with Crippen molar-refractivity contribution in [3.8, 4) is 11.5 Å². The van der Waals surface area contributed by atoms with Crippen molar-refractivity contribution in [2.45, 2.75) is 0 Å². The van der Waals surface area contributed by atoms with E-state index in [1.807, 2.05) is 36.4 Å². The molecule has 3 rings (SSSR count). The molecule has 0 aliphatic heterocycles. The van der Waals surface area contributed by atoms with Crippen LogP contribution in [0.4, 0.5) is 11.4 Å². The molecule has 0 heterocycles. The molecule has 4 nitrogen and oxygen atoms in total.